The third-order valence-corrected chi connectivity index (χ3v) is 3.98. The quantitative estimate of drug-likeness (QED) is 0.675. The lowest BCUT2D eigenvalue weighted by atomic mass is 10.1. The molecule has 0 heterocycles. The molecule has 0 saturated carbocycles. The van der Waals surface area contributed by atoms with Crippen molar-refractivity contribution in [2.75, 3.05) is 0 Å². The molecule has 0 spiro atoms. The first-order valence-electron chi connectivity index (χ1n) is 6.13. The van der Waals surface area contributed by atoms with E-state index in [1.54, 1.807) is 0 Å². The van der Waals surface area contributed by atoms with E-state index in [2.05, 4.69) is 48.0 Å². The van der Waals surface area contributed by atoms with Crippen molar-refractivity contribution in [1.29, 1.82) is 0 Å². The Morgan fingerprint density at radius 1 is 1.11 bits per heavy atom. The Kier molecular flexibility index (Phi) is 4.89. The summed E-state index contributed by atoms with van der Waals surface area (Å²) in [5.74, 6) is 0.729. The van der Waals surface area contributed by atoms with Gasteiger partial charge >= 0.3 is 0 Å². The minimum absolute atomic E-state index is 0.543. The molecule has 2 aromatic rings. The summed E-state index contributed by atoms with van der Waals surface area (Å²) in [6.07, 6.45) is 0. The normalized spacial score (nSPS) is 10.5. The second-order valence-corrected chi connectivity index (χ2v) is 5.58. The van der Waals surface area contributed by atoms with Crippen molar-refractivity contribution < 1.29 is 4.74 Å². The Balaban J connectivity index is 2.12. The number of rotatable bonds is 4. The molecule has 1 nitrogen and oxygen atoms in total. The second-order valence-electron chi connectivity index (χ2n) is 4.62. The van der Waals surface area contributed by atoms with Crippen molar-refractivity contribution in [2.24, 2.45) is 0 Å². The van der Waals surface area contributed by atoms with Crippen molar-refractivity contribution in [3.63, 3.8) is 0 Å². The molecule has 0 aliphatic heterocycles. The highest BCUT2D eigenvalue weighted by molar-refractivity contribution is 9.08. The lowest BCUT2D eigenvalue weighted by Gasteiger charge is -2.11. The summed E-state index contributed by atoms with van der Waals surface area (Å²) in [7, 11) is 0. The average Bonchev–Trinajstić information content (AvgIpc) is 2.40. The molecule has 100 valence electrons. The summed E-state index contributed by atoms with van der Waals surface area (Å²) < 4.78 is 5.81. The van der Waals surface area contributed by atoms with Gasteiger partial charge in [0, 0.05) is 5.33 Å². The van der Waals surface area contributed by atoms with Crippen LogP contribution >= 0.6 is 27.5 Å². The van der Waals surface area contributed by atoms with E-state index in [0.29, 0.717) is 11.6 Å². The van der Waals surface area contributed by atoms with Crippen molar-refractivity contribution in [3.05, 3.63) is 63.7 Å². The monoisotopic (exact) mass is 338 g/mol. The number of aryl methyl sites for hydroxylation is 2. The van der Waals surface area contributed by atoms with E-state index in [1.165, 1.54) is 16.7 Å². The maximum Gasteiger partial charge on any atom is 0.138 e. The van der Waals surface area contributed by atoms with Gasteiger partial charge in [0.05, 0.1) is 5.02 Å². The van der Waals surface area contributed by atoms with Crippen LogP contribution in [-0.2, 0) is 11.9 Å². The summed E-state index contributed by atoms with van der Waals surface area (Å²) in [4.78, 5) is 0. The fourth-order valence-electron chi connectivity index (χ4n) is 1.86. The van der Waals surface area contributed by atoms with Crippen LogP contribution in [0.15, 0.2) is 36.4 Å². The first-order valence-corrected chi connectivity index (χ1v) is 7.63. The maximum absolute atomic E-state index is 6.20. The summed E-state index contributed by atoms with van der Waals surface area (Å²) in [5, 5.41) is 1.45. The van der Waals surface area contributed by atoms with E-state index in [4.69, 9.17) is 16.3 Å². The Bertz CT molecular complexity index is 581. The molecule has 2 aromatic carbocycles. The Hall–Kier alpha value is -0.990. The molecule has 0 radical (unpaired) electrons. The van der Waals surface area contributed by atoms with E-state index in [9.17, 15) is 0 Å². The highest BCUT2D eigenvalue weighted by Gasteiger charge is 2.05. The van der Waals surface area contributed by atoms with E-state index in [0.717, 1.165) is 16.6 Å². The van der Waals surface area contributed by atoms with Crippen LogP contribution < -0.4 is 4.74 Å². The van der Waals surface area contributed by atoms with Gasteiger partial charge in [-0.2, -0.15) is 0 Å². The van der Waals surface area contributed by atoms with E-state index >= 15 is 0 Å². The van der Waals surface area contributed by atoms with E-state index in [-0.39, 0.29) is 0 Å². The Labute approximate surface area is 127 Å². The van der Waals surface area contributed by atoms with Crippen LogP contribution in [0, 0.1) is 13.8 Å². The summed E-state index contributed by atoms with van der Waals surface area (Å²) in [6, 6.07) is 12.2. The molecule has 2 rings (SSSR count). The van der Waals surface area contributed by atoms with Gasteiger partial charge in [0.1, 0.15) is 12.4 Å². The number of hydrogen-bond acceptors (Lipinski definition) is 1. The molecule has 0 saturated heterocycles. The number of benzene rings is 2. The second kappa shape index (κ2) is 6.44. The van der Waals surface area contributed by atoms with Crippen LogP contribution in [0.4, 0.5) is 0 Å². The summed E-state index contributed by atoms with van der Waals surface area (Å²) in [5.41, 5.74) is 4.81. The maximum atomic E-state index is 6.20. The highest BCUT2D eigenvalue weighted by atomic mass is 79.9. The summed E-state index contributed by atoms with van der Waals surface area (Å²) >= 11 is 9.61. The third kappa shape index (κ3) is 3.74. The van der Waals surface area contributed by atoms with Crippen molar-refractivity contribution in [3.8, 4) is 5.75 Å². The smallest absolute Gasteiger partial charge is 0.138 e. The average molecular weight is 340 g/mol. The van der Waals surface area contributed by atoms with Crippen LogP contribution in [0.1, 0.15) is 22.3 Å². The van der Waals surface area contributed by atoms with Gasteiger partial charge < -0.3 is 4.74 Å². The van der Waals surface area contributed by atoms with Crippen molar-refractivity contribution in [2.45, 2.75) is 25.8 Å². The zero-order valence-corrected chi connectivity index (χ0v) is 13.4. The van der Waals surface area contributed by atoms with Gasteiger partial charge in [-0.25, -0.2) is 0 Å². The van der Waals surface area contributed by atoms with Gasteiger partial charge in [-0.1, -0.05) is 57.4 Å². The van der Waals surface area contributed by atoms with Gasteiger partial charge in [-0.05, 0) is 42.7 Å². The van der Waals surface area contributed by atoms with Crippen LogP contribution in [0.2, 0.25) is 5.02 Å². The van der Waals surface area contributed by atoms with Gasteiger partial charge in [0.2, 0.25) is 0 Å². The van der Waals surface area contributed by atoms with Crippen molar-refractivity contribution in [1.82, 2.24) is 0 Å². The molecule has 0 N–H and O–H groups in total. The molecule has 19 heavy (non-hydrogen) atoms. The third-order valence-electron chi connectivity index (χ3n) is 3.04. The molecule has 0 bridgehead atoms. The lowest BCUT2D eigenvalue weighted by molar-refractivity contribution is 0.305. The minimum atomic E-state index is 0.543. The SMILES string of the molecule is Cc1ccc(C)c(COc2ccc(CBr)cc2Cl)c1. The Morgan fingerprint density at radius 2 is 1.89 bits per heavy atom. The van der Waals surface area contributed by atoms with Crippen LogP contribution in [0.25, 0.3) is 0 Å². The fourth-order valence-corrected chi connectivity index (χ4v) is 2.46. The zero-order chi connectivity index (χ0) is 13.8. The molecule has 3 heteroatoms. The molecule has 0 aliphatic carbocycles. The Morgan fingerprint density at radius 3 is 2.58 bits per heavy atom. The molecular weight excluding hydrogens is 324 g/mol. The van der Waals surface area contributed by atoms with Gasteiger partial charge in [0.15, 0.2) is 0 Å². The molecule has 0 aromatic heterocycles. The number of halogens is 2. The highest BCUT2D eigenvalue weighted by Crippen LogP contribution is 2.27. The topological polar surface area (TPSA) is 9.23 Å². The lowest BCUT2D eigenvalue weighted by Crippen LogP contribution is -1.99. The van der Waals surface area contributed by atoms with Crippen LogP contribution in [-0.4, -0.2) is 0 Å². The van der Waals surface area contributed by atoms with Crippen LogP contribution in [0.3, 0.4) is 0 Å². The predicted molar refractivity (Wildman–Crippen MR) is 84.3 cm³/mol. The van der Waals surface area contributed by atoms with Crippen molar-refractivity contribution >= 4 is 27.5 Å². The molecule has 0 fully saturated rings. The molecule has 0 unspecified atom stereocenters. The minimum Gasteiger partial charge on any atom is -0.487 e. The first kappa shape index (κ1) is 14.4. The largest absolute Gasteiger partial charge is 0.487 e. The van der Waals surface area contributed by atoms with Gasteiger partial charge in [0.25, 0.3) is 0 Å². The molecule has 0 amide bonds. The number of ether oxygens (including phenoxy) is 1. The van der Waals surface area contributed by atoms with Gasteiger partial charge in [-0.3, -0.25) is 0 Å². The molecular formula is C16H16BrClO. The van der Waals surface area contributed by atoms with E-state index < -0.39 is 0 Å². The summed E-state index contributed by atoms with van der Waals surface area (Å²) in [6.45, 7) is 4.72. The zero-order valence-electron chi connectivity index (χ0n) is 11.0. The first-order chi connectivity index (χ1) is 9.10. The van der Waals surface area contributed by atoms with E-state index in [1.807, 2.05) is 18.2 Å². The standard InChI is InChI=1S/C16H16BrClO/c1-11-3-4-12(2)14(7-11)10-19-16-6-5-13(9-17)8-15(16)18/h3-8H,9-10H2,1-2H3. The predicted octanol–water partition coefficient (Wildman–Crippen LogP) is 5.43. The van der Waals surface area contributed by atoms with Gasteiger partial charge in [-0.15, -0.1) is 0 Å². The fraction of sp³-hybridized carbons (Fsp3) is 0.250. The van der Waals surface area contributed by atoms with Crippen LogP contribution in [0.5, 0.6) is 5.75 Å². The molecule has 0 aliphatic rings. The number of alkyl halides is 1. The number of hydrogen-bond donors (Lipinski definition) is 0. The molecule has 0 atom stereocenters.